The Morgan fingerprint density at radius 1 is 0.960 bits per heavy atom. The molecule has 0 spiro atoms. The molecule has 0 saturated carbocycles. The zero-order valence-electron chi connectivity index (χ0n) is 13.9. The molecule has 126 valence electrons. The second-order valence-corrected chi connectivity index (χ2v) is 5.68. The van der Waals surface area contributed by atoms with Crippen molar-refractivity contribution in [1.29, 1.82) is 0 Å². The van der Waals surface area contributed by atoms with E-state index in [4.69, 9.17) is 0 Å². The van der Waals surface area contributed by atoms with Crippen molar-refractivity contribution < 1.29 is 4.79 Å². The molecule has 2 aromatic heterocycles. The zero-order valence-corrected chi connectivity index (χ0v) is 13.9. The van der Waals surface area contributed by atoms with Crippen molar-refractivity contribution in [3.05, 3.63) is 83.3 Å². The second-order valence-electron chi connectivity index (χ2n) is 5.68. The normalized spacial score (nSPS) is 10.3. The van der Waals surface area contributed by atoms with Crippen LogP contribution in [0.2, 0.25) is 0 Å². The molecule has 2 N–H and O–H groups in total. The molecule has 1 aromatic carbocycles. The van der Waals surface area contributed by atoms with E-state index < -0.39 is 0 Å². The molecule has 6 nitrogen and oxygen atoms in total. The molecule has 0 bridgehead atoms. The summed E-state index contributed by atoms with van der Waals surface area (Å²) < 4.78 is 0. The number of aryl methyl sites for hydroxylation is 1. The molecular weight excluding hydrogens is 314 g/mol. The van der Waals surface area contributed by atoms with Crippen molar-refractivity contribution in [2.75, 3.05) is 5.32 Å². The third-order valence-electron chi connectivity index (χ3n) is 3.66. The summed E-state index contributed by atoms with van der Waals surface area (Å²) in [5, 5.41) is 14.1. The van der Waals surface area contributed by atoms with Gasteiger partial charge in [0, 0.05) is 25.5 Å². The van der Waals surface area contributed by atoms with Crippen molar-refractivity contribution in [3.8, 4) is 0 Å². The molecule has 0 radical (unpaired) electrons. The Balaban J connectivity index is 1.53. The monoisotopic (exact) mass is 333 g/mol. The average Bonchev–Trinajstić information content (AvgIpc) is 2.66. The van der Waals surface area contributed by atoms with Gasteiger partial charge in [-0.05, 0) is 42.3 Å². The highest BCUT2D eigenvalue weighted by atomic mass is 16.1. The van der Waals surface area contributed by atoms with Gasteiger partial charge < -0.3 is 10.6 Å². The van der Waals surface area contributed by atoms with E-state index in [9.17, 15) is 4.79 Å². The predicted octanol–water partition coefficient (Wildman–Crippen LogP) is 2.72. The van der Waals surface area contributed by atoms with Gasteiger partial charge in [-0.25, -0.2) is 0 Å². The maximum Gasteiger partial charge on any atom is 0.272 e. The summed E-state index contributed by atoms with van der Waals surface area (Å²) in [6.07, 6.45) is 3.38. The third kappa shape index (κ3) is 4.84. The lowest BCUT2D eigenvalue weighted by atomic mass is 10.1. The molecule has 0 fully saturated rings. The lowest BCUT2D eigenvalue weighted by molar-refractivity contribution is 0.0945. The molecule has 0 aliphatic carbocycles. The highest BCUT2D eigenvalue weighted by molar-refractivity contribution is 5.92. The molecule has 0 saturated heterocycles. The van der Waals surface area contributed by atoms with Crippen LogP contribution in [0.3, 0.4) is 0 Å². The number of benzene rings is 1. The van der Waals surface area contributed by atoms with Crippen LogP contribution in [0.4, 0.5) is 5.82 Å². The number of nitrogens with one attached hydrogen (secondary N) is 2. The Morgan fingerprint density at radius 3 is 2.52 bits per heavy atom. The van der Waals surface area contributed by atoms with Crippen LogP contribution in [-0.2, 0) is 13.1 Å². The first kappa shape index (κ1) is 16.6. The van der Waals surface area contributed by atoms with Crippen LogP contribution in [0.1, 0.15) is 27.2 Å². The quantitative estimate of drug-likeness (QED) is 0.725. The van der Waals surface area contributed by atoms with Gasteiger partial charge in [-0.3, -0.25) is 9.78 Å². The minimum Gasteiger partial charge on any atom is -0.365 e. The molecule has 25 heavy (non-hydrogen) atoms. The lowest BCUT2D eigenvalue weighted by Crippen LogP contribution is -2.24. The fourth-order valence-electron chi connectivity index (χ4n) is 2.34. The molecule has 0 aliphatic rings. The summed E-state index contributed by atoms with van der Waals surface area (Å²) in [7, 11) is 0. The Kier molecular flexibility index (Phi) is 5.31. The van der Waals surface area contributed by atoms with Crippen LogP contribution in [0, 0.1) is 6.92 Å². The summed E-state index contributed by atoms with van der Waals surface area (Å²) in [6.45, 7) is 3.14. The smallest absolute Gasteiger partial charge is 0.272 e. The maximum absolute atomic E-state index is 12.1. The maximum atomic E-state index is 12.1. The van der Waals surface area contributed by atoms with Gasteiger partial charge in [0.05, 0.1) is 0 Å². The van der Waals surface area contributed by atoms with Gasteiger partial charge in [0.2, 0.25) is 0 Å². The summed E-state index contributed by atoms with van der Waals surface area (Å²) in [6, 6.07) is 15.4. The van der Waals surface area contributed by atoms with Crippen molar-refractivity contribution >= 4 is 11.7 Å². The van der Waals surface area contributed by atoms with Crippen molar-refractivity contribution in [2.24, 2.45) is 0 Å². The molecule has 2 heterocycles. The number of nitrogens with zero attached hydrogens (tertiary/aromatic N) is 3. The fourth-order valence-corrected chi connectivity index (χ4v) is 2.34. The predicted molar refractivity (Wildman–Crippen MR) is 95.9 cm³/mol. The van der Waals surface area contributed by atoms with Crippen molar-refractivity contribution in [3.63, 3.8) is 0 Å². The fraction of sp³-hybridized carbons (Fsp3) is 0.158. The van der Waals surface area contributed by atoms with E-state index in [-0.39, 0.29) is 11.6 Å². The lowest BCUT2D eigenvalue weighted by Gasteiger charge is -2.07. The zero-order chi connectivity index (χ0) is 17.5. The number of amides is 1. The van der Waals surface area contributed by atoms with Crippen LogP contribution >= 0.6 is 0 Å². The average molecular weight is 333 g/mol. The highest BCUT2D eigenvalue weighted by Gasteiger charge is 2.08. The SMILES string of the molecule is Cc1cccc(CNc2ccc(C(=O)NCc3ccncc3)nn2)c1. The van der Waals surface area contributed by atoms with E-state index >= 15 is 0 Å². The first-order valence-electron chi connectivity index (χ1n) is 8.01. The number of hydrogen-bond donors (Lipinski definition) is 2. The Labute approximate surface area is 146 Å². The molecule has 0 aliphatic heterocycles. The number of pyridine rings is 1. The number of aromatic nitrogens is 3. The standard InChI is InChI=1S/C19H19N5O/c1-14-3-2-4-16(11-14)13-21-18-6-5-17(23-24-18)19(25)22-12-15-7-9-20-10-8-15/h2-11H,12-13H2,1H3,(H,21,24)(H,22,25). The number of carbonyl (C=O) groups is 1. The number of hydrogen-bond acceptors (Lipinski definition) is 5. The largest absolute Gasteiger partial charge is 0.365 e. The van der Waals surface area contributed by atoms with E-state index in [1.54, 1.807) is 24.5 Å². The van der Waals surface area contributed by atoms with Gasteiger partial charge in [0.25, 0.3) is 5.91 Å². The minimum atomic E-state index is -0.255. The van der Waals surface area contributed by atoms with Gasteiger partial charge >= 0.3 is 0 Å². The van der Waals surface area contributed by atoms with E-state index in [1.807, 2.05) is 24.3 Å². The summed E-state index contributed by atoms with van der Waals surface area (Å²) in [4.78, 5) is 16.0. The van der Waals surface area contributed by atoms with Crippen LogP contribution in [0.15, 0.2) is 60.9 Å². The number of carbonyl (C=O) groups excluding carboxylic acids is 1. The molecule has 0 atom stereocenters. The van der Waals surface area contributed by atoms with Crippen molar-refractivity contribution in [2.45, 2.75) is 20.0 Å². The van der Waals surface area contributed by atoms with Gasteiger partial charge in [-0.15, -0.1) is 10.2 Å². The molecule has 3 rings (SSSR count). The molecule has 0 unspecified atom stereocenters. The number of anilines is 1. The first-order valence-corrected chi connectivity index (χ1v) is 8.01. The minimum absolute atomic E-state index is 0.255. The van der Waals surface area contributed by atoms with E-state index in [1.165, 1.54) is 11.1 Å². The van der Waals surface area contributed by atoms with Gasteiger partial charge in [-0.2, -0.15) is 0 Å². The van der Waals surface area contributed by atoms with Crippen LogP contribution < -0.4 is 10.6 Å². The van der Waals surface area contributed by atoms with E-state index in [0.717, 1.165) is 5.56 Å². The summed E-state index contributed by atoms with van der Waals surface area (Å²) in [5.41, 5.74) is 3.65. The van der Waals surface area contributed by atoms with E-state index in [2.05, 4.69) is 44.9 Å². The van der Waals surface area contributed by atoms with Crippen LogP contribution in [-0.4, -0.2) is 21.1 Å². The van der Waals surface area contributed by atoms with Gasteiger partial charge in [0.15, 0.2) is 5.69 Å². The molecule has 1 amide bonds. The van der Waals surface area contributed by atoms with Crippen molar-refractivity contribution in [1.82, 2.24) is 20.5 Å². The Hall–Kier alpha value is -3.28. The van der Waals surface area contributed by atoms with Gasteiger partial charge in [0.1, 0.15) is 5.82 Å². The first-order chi connectivity index (χ1) is 12.2. The summed E-state index contributed by atoms with van der Waals surface area (Å²) in [5.74, 6) is 0.377. The topological polar surface area (TPSA) is 79.8 Å². The van der Waals surface area contributed by atoms with Crippen LogP contribution in [0.25, 0.3) is 0 Å². The molecule has 6 heteroatoms. The molecule has 3 aromatic rings. The second kappa shape index (κ2) is 8.01. The van der Waals surface area contributed by atoms with Gasteiger partial charge in [-0.1, -0.05) is 29.8 Å². The Bertz CT molecular complexity index is 834. The number of rotatable bonds is 6. The summed E-state index contributed by atoms with van der Waals surface area (Å²) >= 11 is 0. The molecular formula is C19H19N5O. The highest BCUT2D eigenvalue weighted by Crippen LogP contribution is 2.08. The van der Waals surface area contributed by atoms with Crippen LogP contribution in [0.5, 0.6) is 0 Å². The third-order valence-corrected chi connectivity index (χ3v) is 3.66. The van der Waals surface area contributed by atoms with E-state index in [0.29, 0.717) is 18.9 Å². The Morgan fingerprint density at radius 2 is 1.80 bits per heavy atom.